The number of aliphatic carboxylic acids is 2. The van der Waals surface area contributed by atoms with Crippen molar-refractivity contribution in [1.29, 1.82) is 0 Å². The maximum absolute atomic E-state index is 14.1. The highest BCUT2D eigenvalue weighted by Crippen LogP contribution is 2.23. The number of aryl methyl sites for hydroxylation is 1. The SMILES string of the molecule is CCC(C)[C@H](NC(=O)[C@H](CCC(N)=O)CC(=O)[C@H](CCCC(=O)O)NC(=O)[C@H](CCCCNC(N)=O)CC(=O)Cc1ccc(NC(=O)Nc2ccccc2C)cc1)C(=O)C[C@@H](CC(=O)O)C(N)=O. The van der Waals surface area contributed by atoms with Crippen LogP contribution in [-0.4, -0.2) is 93.8 Å². The van der Waals surface area contributed by atoms with Crippen LogP contribution in [0.15, 0.2) is 48.5 Å². The van der Waals surface area contributed by atoms with Crippen molar-refractivity contribution in [2.75, 3.05) is 17.2 Å². The fraction of sp³-hybridized carbons (Fsp3) is 0.511. The zero-order valence-corrected chi connectivity index (χ0v) is 38.8. The Balaban J connectivity index is 2.33. The van der Waals surface area contributed by atoms with Crippen molar-refractivity contribution in [3.63, 3.8) is 0 Å². The molecule has 1 unspecified atom stereocenters. The van der Waals surface area contributed by atoms with Crippen LogP contribution in [-0.2, 0) is 49.6 Å². The third kappa shape index (κ3) is 21.9. The Hall–Kier alpha value is -7.19. The smallest absolute Gasteiger partial charge is 0.323 e. The van der Waals surface area contributed by atoms with Crippen molar-refractivity contribution in [2.24, 2.45) is 40.9 Å². The third-order valence-electron chi connectivity index (χ3n) is 11.4. The number of urea groups is 2. The number of ketones is 3. The topological polar surface area (TPSA) is 366 Å². The lowest BCUT2D eigenvalue weighted by molar-refractivity contribution is -0.142. The summed E-state index contributed by atoms with van der Waals surface area (Å²) in [6.07, 6.45) is -2.33. The molecule has 0 radical (unpaired) electrons. The number of rotatable bonds is 33. The number of primary amides is 3. The van der Waals surface area contributed by atoms with Crippen molar-refractivity contribution in [3.8, 4) is 0 Å². The number of carbonyl (C=O) groups is 11. The van der Waals surface area contributed by atoms with Gasteiger partial charge in [-0.1, -0.05) is 57.0 Å². The van der Waals surface area contributed by atoms with Gasteiger partial charge in [0, 0.05) is 68.3 Å². The molecule has 21 heteroatoms. The first kappa shape index (κ1) is 56.9. The van der Waals surface area contributed by atoms with E-state index in [-0.39, 0.29) is 63.7 Å². The van der Waals surface area contributed by atoms with Gasteiger partial charge in [-0.15, -0.1) is 0 Å². The molecule has 21 nitrogen and oxygen atoms in total. The highest BCUT2D eigenvalue weighted by Gasteiger charge is 2.35. The molecule has 0 heterocycles. The lowest BCUT2D eigenvalue weighted by Crippen LogP contribution is -2.49. The van der Waals surface area contributed by atoms with Gasteiger partial charge in [0.25, 0.3) is 0 Å². The van der Waals surface area contributed by atoms with Gasteiger partial charge in [0.15, 0.2) is 11.6 Å². The van der Waals surface area contributed by atoms with E-state index in [2.05, 4.69) is 26.6 Å². The molecule has 0 aliphatic heterocycles. The minimum absolute atomic E-state index is 0.0765. The van der Waals surface area contributed by atoms with Gasteiger partial charge < -0.3 is 54.0 Å². The number of unbranched alkanes of at least 4 members (excludes halogenated alkanes) is 1. The van der Waals surface area contributed by atoms with E-state index >= 15 is 0 Å². The van der Waals surface area contributed by atoms with E-state index < -0.39 is 114 Å². The summed E-state index contributed by atoms with van der Waals surface area (Å²) < 4.78 is 0. The van der Waals surface area contributed by atoms with E-state index in [0.29, 0.717) is 36.2 Å². The second-order valence-corrected chi connectivity index (χ2v) is 17.0. The Morgan fingerprint density at radius 3 is 1.87 bits per heavy atom. The van der Waals surface area contributed by atoms with Crippen LogP contribution in [0.2, 0.25) is 0 Å². The molecule has 0 saturated heterocycles. The van der Waals surface area contributed by atoms with E-state index in [1.165, 1.54) is 0 Å². The average Bonchev–Trinajstić information content (AvgIpc) is 3.26. The van der Waals surface area contributed by atoms with Crippen molar-refractivity contribution >= 4 is 76.4 Å². The maximum Gasteiger partial charge on any atom is 0.323 e. The largest absolute Gasteiger partial charge is 0.481 e. The lowest BCUT2D eigenvalue weighted by atomic mass is 9.87. The number of para-hydroxylation sites is 1. The zero-order chi connectivity index (χ0) is 50.9. The van der Waals surface area contributed by atoms with E-state index in [4.69, 9.17) is 17.2 Å². The first-order valence-electron chi connectivity index (χ1n) is 22.5. The number of nitrogens with one attached hydrogen (secondary N) is 5. The van der Waals surface area contributed by atoms with Crippen LogP contribution in [0.3, 0.4) is 0 Å². The molecule has 0 fully saturated rings. The van der Waals surface area contributed by atoms with Crippen molar-refractivity contribution in [2.45, 2.75) is 123 Å². The van der Waals surface area contributed by atoms with Crippen molar-refractivity contribution in [3.05, 3.63) is 59.7 Å². The first-order chi connectivity index (χ1) is 32.1. The molecule has 0 aliphatic carbocycles. The number of hydrogen-bond donors (Lipinski definition) is 10. The fourth-order valence-electron chi connectivity index (χ4n) is 7.32. The van der Waals surface area contributed by atoms with Gasteiger partial charge in [0.2, 0.25) is 23.6 Å². The number of hydrogen-bond acceptors (Lipinski definition) is 11. The van der Waals surface area contributed by atoms with Crippen LogP contribution >= 0.6 is 0 Å². The average molecular weight is 951 g/mol. The zero-order valence-electron chi connectivity index (χ0n) is 38.8. The van der Waals surface area contributed by atoms with Crippen LogP contribution in [0.1, 0.15) is 108 Å². The molecule has 6 atom stereocenters. The summed E-state index contributed by atoms with van der Waals surface area (Å²) in [6, 6.07) is 9.94. The minimum Gasteiger partial charge on any atom is -0.481 e. The quantitative estimate of drug-likeness (QED) is 0.0460. The normalized spacial score (nSPS) is 13.5. The number of Topliss-reactive ketones (excluding diaryl/α,β-unsaturated/α-hetero) is 3. The van der Waals surface area contributed by atoms with Gasteiger partial charge in [0.1, 0.15) is 5.78 Å². The Bertz CT molecular complexity index is 2110. The van der Waals surface area contributed by atoms with Gasteiger partial charge in [-0.2, -0.15) is 0 Å². The predicted molar refractivity (Wildman–Crippen MR) is 249 cm³/mol. The van der Waals surface area contributed by atoms with E-state index in [0.717, 1.165) is 5.56 Å². The van der Waals surface area contributed by atoms with Crippen LogP contribution in [0.25, 0.3) is 0 Å². The molecule has 8 amide bonds. The Labute approximate surface area is 394 Å². The highest BCUT2D eigenvalue weighted by atomic mass is 16.4. The third-order valence-corrected chi connectivity index (χ3v) is 11.4. The van der Waals surface area contributed by atoms with Crippen LogP contribution < -0.4 is 43.8 Å². The van der Waals surface area contributed by atoms with Gasteiger partial charge in [-0.25, -0.2) is 9.59 Å². The number of anilines is 2. The summed E-state index contributed by atoms with van der Waals surface area (Å²) in [4.78, 5) is 140. The highest BCUT2D eigenvalue weighted by molar-refractivity contribution is 6.00. The second kappa shape index (κ2) is 29.4. The predicted octanol–water partition coefficient (Wildman–Crippen LogP) is 3.24. The molecule has 0 bridgehead atoms. The van der Waals surface area contributed by atoms with Gasteiger partial charge in [-0.05, 0) is 74.3 Å². The summed E-state index contributed by atoms with van der Waals surface area (Å²) >= 11 is 0. The summed E-state index contributed by atoms with van der Waals surface area (Å²) in [5, 5.41) is 31.8. The summed E-state index contributed by atoms with van der Waals surface area (Å²) in [5.41, 5.74) is 18.5. The van der Waals surface area contributed by atoms with E-state index in [9.17, 15) is 63.0 Å². The van der Waals surface area contributed by atoms with Crippen molar-refractivity contribution in [1.82, 2.24) is 16.0 Å². The molecule has 13 N–H and O–H groups in total. The number of carboxylic acids is 2. The van der Waals surface area contributed by atoms with Crippen LogP contribution in [0.4, 0.5) is 21.0 Å². The molecule has 68 heavy (non-hydrogen) atoms. The van der Waals surface area contributed by atoms with E-state index in [1.807, 2.05) is 19.1 Å². The summed E-state index contributed by atoms with van der Waals surface area (Å²) in [6.45, 7) is 5.40. The Morgan fingerprint density at radius 1 is 0.647 bits per heavy atom. The Morgan fingerprint density at radius 2 is 1.28 bits per heavy atom. The number of nitrogens with two attached hydrogens (primary N) is 3. The van der Waals surface area contributed by atoms with E-state index in [1.54, 1.807) is 50.2 Å². The molecule has 2 aromatic rings. The maximum atomic E-state index is 14.1. The van der Waals surface area contributed by atoms with Gasteiger partial charge >= 0.3 is 24.0 Å². The number of benzene rings is 2. The molecular formula is C47H66N8O13. The molecule has 0 saturated carbocycles. The molecule has 0 aromatic heterocycles. The number of carbonyl (C=O) groups excluding carboxylic acids is 9. The summed E-state index contributed by atoms with van der Waals surface area (Å²) in [5.74, 6) is -11.9. The summed E-state index contributed by atoms with van der Waals surface area (Å²) in [7, 11) is 0. The Kier molecular flexibility index (Phi) is 24.7. The molecule has 372 valence electrons. The number of amides is 8. The monoisotopic (exact) mass is 950 g/mol. The van der Waals surface area contributed by atoms with Gasteiger partial charge in [-0.3, -0.25) is 43.2 Å². The van der Waals surface area contributed by atoms with Crippen LogP contribution in [0, 0.1) is 30.6 Å². The molecule has 0 spiro atoms. The van der Waals surface area contributed by atoms with Crippen molar-refractivity contribution < 1.29 is 63.0 Å². The number of carboxylic acid groups (broad SMARTS) is 2. The second-order valence-electron chi connectivity index (χ2n) is 17.0. The van der Waals surface area contributed by atoms with Gasteiger partial charge in [0.05, 0.1) is 24.4 Å². The fourth-order valence-corrected chi connectivity index (χ4v) is 7.32. The molecule has 2 aromatic carbocycles. The molecule has 0 aliphatic rings. The molecular weight excluding hydrogens is 885 g/mol. The minimum atomic E-state index is -1.37. The first-order valence-corrected chi connectivity index (χ1v) is 22.5. The standard InChI is InChI=1S/C47H66N8O13/c1-4-27(2)42(38(58)25-32(43(49)64)26-41(62)63)55-45(66)31(17-20-39(48)59)24-37(57)36(13-9-14-40(60)61)53-44(65)30(11-7-8-21-51-46(50)67)23-34(56)22-29-15-18-33(19-16-29)52-47(68)54-35-12-6-5-10-28(35)3/h5-6,10,12,15-16,18-19,27,30-32,36,42H,4,7-9,11,13-14,17,20-26H2,1-3H3,(H2,48,59)(H2,49,64)(H,53,65)(H,55,66)(H,60,61)(H,62,63)(H3,50,51,67)(H2,52,54,68)/t27?,30-,31-,32+,36+,42+/m1/s1. The van der Waals surface area contributed by atoms with Crippen LogP contribution in [0.5, 0.6) is 0 Å². The molecule has 2 rings (SSSR count). The lowest BCUT2D eigenvalue weighted by Gasteiger charge is -2.27.